The second kappa shape index (κ2) is 8.41. The third kappa shape index (κ3) is 5.26. The van der Waals surface area contributed by atoms with Crippen LogP contribution in [0.25, 0.3) is 0 Å². The van der Waals surface area contributed by atoms with E-state index in [1.807, 2.05) is 6.07 Å². The van der Waals surface area contributed by atoms with Crippen molar-refractivity contribution in [2.24, 2.45) is 5.73 Å². The summed E-state index contributed by atoms with van der Waals surface area (Å²) in [5.74, 6) is -0.615. The lowest BCUT2D eigenvalue weighted by Gasteiger charge is -2.25. The molecule has 158 valence electrons. The van der Waals surface area contributed by atoms with Gasteiger partial charge in [0, 0.05) is 25.1 Å². The van der Waals surface area contributed by atoms with Crippen LogP contribution < -0.4 is 15.8 Å². The minimum Gasteiger partial charge on any atom is -0.489 e. The van der Waals surface area contributed by atoms with Crippen molar-refractivity contribution in [3.05, 3.63) is 29.3 Å². The highest BCUT2D eigenvalue weighted by molar-refractivity contribution is 6.01. The summed E-state index contributed by atoms with van der Waals surface area (Å²) in [6, 6.07) is 4.47. The number of amides is 2. The predicted molar refractivity (Wildman–Crippen MR) is 106 cm³/mol. The largest absolute Gasteiger partial charge is 0.489 e. The number of primary amides is 1. The van der Waals surface area contributed by atoms with Gasteiger partial charge in [0.25, 0.3) is 5.91 Å². The molecular formula is C21H29N3O5. The number of nitrogens with one attached hydrogen (secondary N) is 1. The Morgan fingerprint density at radius 3 is 2.72 bits per heavy atom. The van der Waals surface area contributed by atoms with Crippen LogP contribution in [-0.4, -0.2) is 53.5 Å². The molecule has 2 amide bonds. The van der Waals surface area contributed by atoms with E-state index in [1.54, 1.807) is 32.9 Å². The first-order valence-corrected chi connectivity index (χ1v) is 9.96. The molecule has 2 aliphatic rings. The van der Waals surface area contributed by atoms with E-state index < -0.39 is 23.5 Å². The number of nitrogens with two attached hydrogens (primary N) is 1. The predicted octanol–water partition coefficient (Wildman–Crippen LogP) is 1.36. The number of benzene rings is 1. The average molecular weight is 403 g/mol. The van der Waals surface area contributed by atoms with Gasteiger partial charge >= 0.3 is 5.97 Å². The minimum absolute atomic E-state index is 0.00798. The van der Waals surface area contributed by atoms with E-state index in [9.17, 15) is 14.4 Å². The Balaban J connectivity index is 1.67. The molecule has 3 N–H and O–H groups in total. The van der Waals surface area contributed by atoms with Gasteiger partial charge in [0.1, 0.15) is 23.5 Å². The van der Waals surface area contributed by atoms with Gasteiger partial charge in [0.15, 0.2) is 0 Å². The molecule has 0 bridgehead atoms. The number of ether oxygens (including phenoxy) is 2. The number of hydrogen-bond donors (Lipinski definition) is 2. The summed E-state index contributed by atoms with van der Waals surface area (Å²) < 4.78 is 11.2. The zero-order valence-electron chi connectivity index (χ0n) is 17.2. The molecule has 1 aromatic rings. The maximum Gasteiger partial charge on any atom is 0.306 e. The molecular weight excluding hydrogens is 374 g/mol. The molecule has 8 nitrogen and oxygen atoms in total. The molecule has 1 fully saturated rings. The van der Waals surface area contributed by atoms with Crippen LogP contribution in [0.15, 0.2) is 18.2 Å². The summed E-state index contributed by atoms with van der Waals surface area (Å²) in [5, 5.41) is 3.25. The molecule has 0 spiro atoms. The van der Waals surface area contributed by atoms with Gasteiger partial charge in [0.2, 0.25) is 5.91 Å². The second-order valence-electron chi connectivity index (χ2n) is 8.53. The van der Waals surface area contributed by atoms with E-state index >= 15 is 0 Å². The van der Waals surface area contributed by atoms with Crippen molar-refractivity contribution in [3.8, 4) is 5.75 Å². The van der Waals surface area contributed by atoms with Gasteiger partial charge in [-0.1, -0.05) is 0 Å². The monoisotopic (exact) mass is 403 g/mol. The fourth-order valence-electron chi connectivity index (χ4n) is 3.66. The number of esters is 1. The lowest BCUT2D eigenvalue weighted by atomic mass is 10.1. The summed E-state index contributed by atoms with van der Waals surface area (Å²) in [5.41, 5.74) is 6.27. The average Bonchev–Trinajstić information content (AvgIpc) is 3.22. The van der Waals surface area contributed by atoms with Gasteiger partial charge in [-0.05, 0) is 63.9 Å². The first-order valence-electron chi connectivity index (χ1n) is 9.96. The van der Waals surface area contributed by atoms with E-state index in [0.717, 1.165) is 25.1 Å². The van der Waals surface area contributed by atoms with Crippen molar-refractivity contribution in [1.29, 1.82) is 0 Å². The lowest BCUT2D eigenvalue weighted by molar-refractivity contribution is -0.155. The van der Waals surface area contributed by atoms with Crippen molar-refractivity contribution in [2.75, 3.05) is 13.1 Å². The van der Waals surface area contributed by atoms with E-state index in [1.165, 1.54) is 4.90 Å². The van der Waals surface area contributed by atoms with Crippen LogP contribution in [0.2, 0.25) is 0 Å². The molecule has 0 aliphatic carbocycles. The molecule has 1 saturated heterocycles. The van der Waals surface area contributed by atoms with Crippen molar-refractivity contribution in [2.45, 2.75) is 64.3 Å². The quantitative estimate of drug-likeness (QED) is 0.665. The van der Waals surface area contributed by atoms with Crippen LogP contribution in [0.5, 0.6) is 5.75 Å². The zero-order chi connectivity index (χ0) is 21.2. The Morgan fingerprint density at radius 1 is 1.34 bits per heavy atom. The first-order chi connectivity index (χ1) is 13.6. The van der Waals surface area contributed by atoms with Gasteiger partial charge in [0.05, 0.1) is 0 Å². The van der Waals surface area contributed by atoms with Crippen LogP contribution >= 0.6 is 0 Å². The van der Waals surface area contributed by atoms with Gasteiger partial charge < -0.3 is 25.4 Å². The molecule has 0 aromatic heterocycles. The molecule has 0 unspecified atom stereocenters. The van der Waals surface area contributed by atoms with Crippen LogP contribution in [0, 0.1) is 0 Å². The van der Waals surface area contributed by atoms with Crippen LogP contribution in [0.3, 0.4) is 0 Å². The van der Waals surface area contributed by atoms with E-state index in [2.05, 4.69) is 5.32 Å². The van der Waals surface area contributed by atoms with E-state index in [-0.39, 0.29) is 31.4 Å². The topological polar surface area (TPSA) is 111 Å². The number of carbonyl (C=O) groups excluding carboxylic acids is 3. The Bertz CT molecular complexity index is 796. The highest BCUT2D eigenvalue weighted by Crippen LogP contribution is 2.30. The Hall–Kier alpha value is -2.61. The molecule has 3 rings (SSSR count). The number of hydrogen-bond acceptors (Lipinski definition) is 6. The third-order valence-electron chi connectivity index (χ3n) is 4.97. The SMILES string of the molecule is CC(C)(C)OC(=O)CC[C@@H](C(N)=O)N1Cc2cc(O[C@H]3CCNC3)ccc2C1=O. The van der Waals surface area contributed by atoms with Gasteiger partial charge in [-0.25, -0.2) is 0 Å². The molecule has 0 saturated carbocycles. The number of rotatable bonds is 7. The molecule has 1 aromatic carbocycles. The number of nitrogens with zero attached hydrogens (tertiary/aromatic N) is 1. The van der Waals surface area contributed by atoms with Gasteiger partial charge in [-0.3, -0.25) is 14.4 Å². The van der Waals surface area contributed by atoms with Gasteiger partial charge in [-0.2, -0.15) is 0 Å². The normalized spacial score (nSPS) is 19.8. The molecule has 2 atom stereocenters. The van der Waals surface area contributed by atoms with Crippen LogP contribution in [0.4, 0.5) is 0 Å². The third-order valence-corrected chi connectivity index (χ3v) is 4.97. The Morgan fingerprint density at radius 2 is 2.10 bits per heavy atom. The minimum atomic E-state index is -0.870. The zero-order valence-corrected chi connectivity index (χ0v) is 17.2. The first kappa shape index (κ1) is 21.1. The fourth-order valence-corrected chi connectivity index (χ4v) is 3.66. The van der Waals surface area contributed by atoms with E-state index in [0.29, 0.717) is 11.3 Å². The number of fused-ring (bicyclic) bond motifs is 1. The summed E-state index contributed by atoms with van der Waals surface area (Å²) in [6.07, 6.45) is 1.19. The molecule has 29 heavy (non-hydrogen) atoms. The summed E-state index contributed by atoms with van der Waals surface area (Å²) in [7, 11) is 0. The van der Waals surface area contributed by atoms with Crippen molar-refractivity contribution in [1.82, 2.24) is 10.2 Å². The Kier molecular flexibility index (Phi) is 6.12. The van der Waals surface area contributed by atoms with E-state index in [4.69, 9.17) is 15.2 Å². The van der Waals surface area contributed by atoms with Crippen molar-refractivity contribution in [3.63, 3.8) is 0 Å². The molecule has 0 radical (unpaired) electrons. The van der Waals surface area contributed by atoms with Crippen LogP contribution in [-0.2, 0) is 20.9 Å². The van der Waals surface area contributed by atoms with Gasteiger partial charge in [-0.15, -0.1) is 0 Å². The maximum absolute atomic E-state index is 12.8. The summed E-state index contributed by atoms with van der Waals surface area (Å²) in [6.45, 7) is 7.32. The standard InChI is InChI=1S/C21H29N3O5/c1-21(2,3)29-18(25)7-6-17(19(22)26)24-12-13-10-14(4-5-16(13)20(24)27)28-15-8-9-23-11-15/h4-5,10,15,17,23H,6-9,11-12H2,1-3H3,(H2,22,26)/t15-,17-/m0/s1. The second-order valence-corrected chi connectivity index (χ2v) is 8.53. The summed E-state index contributed by atoms with van der Waals surface area (Å²) >= 11 is 0. The smallest absolute Gasteiger partial charge is 0.306 e. The lowest BCUT2D eigenvalue weighted by Crippen LogP contribution is -2.45. The highest BCUT2D eigenvalue weighted by atomic mass is 16.6. The maximum atomic E-state index is 12.8. The number of carbonyl (C=O) groups is 3. The summed E-state index contributed by atoms with van der Waals surface area (Å²) in [4.78, 5) is 38.3. The molecule has 2 heterocycles. The van der Waals surface area contributed by atoms with Crippen molar-refractivity contribution < 1.29 is 23.9 Å². The molecule has 8 heteroatoms. The van der Waals surface area contributed by atoms with Crippen LogP contribution in [0.1, 0.15) is 56.0 Å². The van der Waals surface area contributed by atoms with Crippen molar-refractivity contribution >= 4 is 17.8 Å². The fraction of sp³-hybridized carbons (Fsp3) is 0.571. The highest BCUT2D eigenvalue weighted by Gasteiger charge is 2.36. The Labute approximate surface area is 170 Å². The molecule has 2 aliphatic heterocycles.